The van der Waals surface area contributed by atoms with Gasteiger partial charge >= 0.3 is 0 Å². The zero-order valence-electron chi connectivity index (χ0n) is 9.51. The molecule has 3 heteroatoms. The average Bonchev–Trinajstić information content (AvgIpc) is 2.81. The summed E-state index contributed by atoms with van der Waals surface area (Å²) in [6.45, 7) is 0. The zero-order chi connectivity index (χ0) is 11.2. The number of hydrogen-bond donors (Lipinski definition) is 1. The second-order valence-corrected chi connectivity index (χ2v) is 5.79. The van der Waals surface area contributed by atoms with Crippen LogP contribution < -0.4 is 0 Å². The lowest BCUT2D eigenvalue weighted by Gasteiger charge is -2.13. The summed E-state index contributed by atoms with van der Waals surface area (Å²) >= 11 is 1.95. The van der Waals surface area contributed by atoms with Crippen molar-refractivity contribution in [1.29, 1.82) is 0 Å². The summed E-state index contributed by atoms with van der Waals surface area (Å²) in [5, 5.41) is 10.7. The lowest BCUT2D eigenvalue weighted by Crippen LogP contribution is -2.15. The fraction of sp³-hybridized carbons (Fsp3) is 0.615. The Morgan fingerprint density at radius 3 is 2.69 bits per heavy atom. The van der Waals surface area contributed by atoms with Crippen LogP contribution in [0.4, 0.5) is 0 Å². The SMILES string of the molecule is OC(CSC1CCCC1)Cc1ccncc1. The Hall–Kier alpha value is -0.540. The highest BCUT2D eigenvalue weighted by Gasteiger charge is 2.16. The quantitative estimate of drug-likeness (QED) is 0.854. The maximum absolute atomic E-state index is 9.92. The van der Waals surface area contributed by atoms with Gasteiger partial charge in [0.1, 0.15) is 0 Å². The van der Waals surface area contributed by atoms with Crippen LogP contribution in [0.2, 0.25) is 0 Å². The van der Waals surface area contributed by atoms with Gasteiger partial charge < -0.3 is 5.11 Å². The summed E-state index contributed by atoms with van der Waals surface area (Å²) in [5.41, 5.74) is 1.18. The number of rotatable bonds is 5. The minimum absolute atomic E-state index is 0.215. The van der Waals surface area contributed by atoms with Crippen LogP contribution in [0, 0.1) is 0 Å². The molecule has 0 aliphatic heterocycles. The van der Waals surface area contributed by atoms with Crippen molar-refractivity contribution in [3.8, 4) is 0 Å². The maximum Gasteiger partial charge on any atom is 0.0671 e. The smallest absolute Gasteiger partial charge is 0.0671 e. The van der Waals surface area contributed by atoms with Crippen molar-refractivity contribution in [3.05, 3.63) is 30.1 Å². The summed E-state index contributed by atoms with van der Waals surface area (Å²) in [4.78, 5) is 3.97. The first-order valence-corrected chi connectivity index (χ1v) is 7.08. The molecule has 0 spiro atoms. The largest absolute Gasteiger partial charge is 0.392 e. The van der Waals surface area contributed by atoms with Gasteiger partial charge in [-0.25, -0.2) is 0 Å². The summed E-state index contributed by atoms with van der Waals surface area (Å²) in [7, 11) is 0. The minimum atomic E-state index is -0.215. The molecule has 1 atom stereocenters. The first-order chi connectivity index (χ1) is 7.84. The number of aliphatic hydroxyl groups is 1. The molecule has 1 saturated carbocycles. The number of thioether (sulfide) groups is 1. The minimum Gasteiger partial charge on any atom is -0.392 e. The van der Waals surface area contributed by atoms with E-state index in [-0.39, 0.29) is 6.10 Å². The second-order valence-electron chi connectivity index (χ2n) is 4.45. The van der Waals surface area contributed by atoms with Crippen molar-refractivity contribution >= 4 is 11.8 Å². The van der Waals surface area contributed by atoms with Crippen LogP contribution in [-0.2, 0) is 6.42 Å². The summed E-state index contributed by atoms with van der Waals surface area (Å²) in [5.74, 6) is 0.868. The Labute approximate surface area is 101 Å². The lowest BCUT2D eigenvalue weighted by atomic mass is 10.1. The first-order valence-electron chi connectivity index (χ1n) is 6.03. The van der Waals surface area contributed by atoms with Crippen molar-refractivity contribution in [1.82, 2.24) is 4.98 Å². The third kappa shape index (κ3) is 3.80. The van der Waals surface area contributed by atoms with Crippen LogP contribution in [0.5, 0.6) is 0 Å². The number of nitrogens with zero attached hydrogens (tertiary/aromatic N) is 1. The molecule has 1 heterocycles. The lowest BCUT2D eigenvalue weighted by molar-refractivity contribution is 0.200. The Bertz CT molecular complexity index is 298. The van der Waals surface area contributed by atoms with E-state index in [1.54, 1.807) is 12.4 Å². The van der Waals surface area contributed by atoms with Gasteiger partial charge in [-0.05, 0) is 37.0 Å². The highest BCUT2D eigenvalue weighted by atomic mass is 32.2. The molecule has 1 aliphatic carbocycles. The van der Waals surface area contributed by atoms with Gasteiger partial charge in [0.2, 0.25) is 0 Å². The molecular weight excluding hydrogens is 218 g/mol. The van der Waals surface area contributed by atoms with Gasteiger partial charge in [0.25, 0.3) is 0 Å². The molecule has 16 heavy (non-hydrogen) atoms. The molecule has 1 aromatic rings. The third-order valence-corrected chi connectivity index (χ3v) is 4.57. The Morgan fingerprint density at radius 2 is 2.00 bits per heavy atom. The van der Waals surface area contributed by atoms with Crippen LogP contribution in [0.3, 0.4) is 0 Å². The summed E-state index contributed by atoms with van der Waals surface area (Å²) in [6.07, 6.45) is 9.53. The number of aromatic nitrogens is 1. The topological polar surface area (TPSA) is 33.1 Å². The zero-order valence-corrected chi connectivity index (χ0v) is 10.3. The number of pyridine rings is 1. The van der Waals surface area contributed by atoms with Crippen molar-refractivity contribution in [2.45, 2.75) is 43.5 Å². The predicted octanol–water partition coefficient (Wildman–Crippen LogP) is 2.66. The predicted molar refractivity (Wildman–Crippen MR) is 68.7 cm³/mol. The van der Waals surface area contributed by atoms with Gasteiger partial charge in [-0.3, -0.25) is 4.98 Å². The van der Waals surface area contributed by atoms with Crippen LogP contribution in [0.15, 0.2) is 24.5 Å². The van der Waals surface area contributed by atoms with E-state index < -0.39 is 0 Å². The van der Waals surface area contributed by atoms with Crippen LogP contribution in [0.25, 0.3) is 0 Å². The molecule has 0 bridgehead atoms. The van der Waals surface area contributed by atoms with E-state index in [9.17, 15) is 5.11 Å². The third-order valence-electron chi connectivity index (χ3n) is 3.05. The fourth-order valence-electron chi connectivity index (χ4n) is 2.15. The van der Waals surface area contributed by atoms with Gasteiger partial charge in [0.05, 0.1) is 6.10 Å². The highest BCUT2D eigenvalue weighted by molar-refractivity contribution is 7.99. The van der Waals surface area contributed by atoms with Crippen molar-refractivity contribution in [2.24, 2.45) is 0 Å². The van der Waals surface area contributed by atoms with Gasteiger partial charge in [-0.1, -0.05) is 12.8 Å². The molecule has 88 valence electrons. The van der Waals surface area contributed by atoms with Gasteiger partial charge in [-0.2, -0.15) is 11.8 Å². The molecule has 1 aromatic heterocycles. The van der Waals surface area contributed by atoms with Crippen LogP contribution in [-0.4, -0.2) is 27.2 Å². The van der Waals surface area contributed by atoms with E-state index in [1.807, 2.05) is 23.9 Å². The summed E-state index contributed by atoms with van der Waals surface area (Å²) in [6, 6.07) is 3.95. The van der Waals surface area contributed by atoms with Crippen LogP contribution in [0.1, 0.15) is 31.2 Å². The Balaban J connectivity index is 1.69. The molecule has 0 aromatic carbocycles. The highest BCUT2D eigenvalue weighted by Crippen LogP contribution is 2.29. The molecule has 1 unspecified atom stereocenters. The van der Waals surface area contributed by atoms with Crippen LogP contribution >= 0.6 is 11.8 Å². The maximum atomic E-state index is 9.92. The molecule has 0 amide bonds. The fourth-order valence-corrected chi connectivity index (χ4v) is 3.43. The Morgan fingerprint density at radius 1 is 1.31 bits per heavy atom. The second kappa shape index (κ2) is 6.26. The molecule has 1 aliphatic rings. The van der Waals surface area contributed by atoms with Crippen molar-refractivity contribution in [3.63, 3.8) is 0 Å². The molecule has 1 N–H and O–H groups in total. The molecule has 0 radical (unpaired) electrons. The monoisotopic (exact) mass is 237 g/mol. The van der Waals surface area contributed by atoms with Gasteiger partial charge in [0.15, 0.2) is 0 Å². The normalized spacial score (nSPS) is 18.8. The van der Waals surface area contributed by atoms with Gasteiger partial charge in [0, 0.05) is 23.4 Å². The van der Waals surface area contributed by atoms with E-state index in [0.29, 0.717) is 0 Å². The average molecular weight is 237 g/mol. The molecule has 1 fully saturated rings. The molecule has 2 nitrogen and oxygen atoms in total. The van der Waals surface area contributed by atoms with Crippen molar-refractivity contribution < 1.29 is 5.11 Å². The van der Waals surface area contributed by atoms with Crippen molar-refractivity contribution in [2.75, 3.05) is 5.75 Å². The standard InChI is InChI=1S/C13H19NOS/c15-12(9-11-5-7-14-8-6-11)10-16-13-3-1-2-4-13/h5-8,12-13,15H,1-4,9-10H2. The number of hydrogen-bond acceptors (Lipinski definition) is 3. The van der Waals surface area contributed by atoms with E-state index in [0.717, 1.165) is 17.4 Å². The summed E-state index contributed by atoms with van der Waals surface area (Å²) < 4.78 is 0. The first kappa shape index (κ1) is 11.9. The Kier molecular flexibility index (Phi) is 4.67. The molecule has 2 rings (SSSR count). The van der Waals surface area contributed by atoms with Gasteiger partial charge in [-0.15, -0.1) is 0 Å². The number of aliphatic hydroxyl groups excluding tert-OH is 1. The van der Waals surface area contributed by atoms with E-state index >= 15 is 0 Å². The van der Waals surface area contributed by atoms with E-state index in [2.05, 4.69) is 4.98 Å². The molecular formula is C13H19NOS. The molecule has 0 saturated heterocycles. The van der Waals surface area contributed by atoms with E-state index in [1.165, 1.54) is 31.2 Å². The van der Waals surface area contributed by atoms with E-state index in [4.69, 9.17) is 0 Å².